The Kier molecular flexibility index (Phi) is 3.75. The molecule has 0 unspecified atom stereocenters. The van der Waals surface area contributed by atoms with Crippen molar-refractivity contribution in [2.45, 2.75) is 57.4 Å². The Balaban J connectivity index is 2.04. The summed E-state index contributed by atoms with van der Waals surface area (Å²) in [5.41, 5.74) is 0. The van der Waals surface area contributed by atoms with Crippen LogP contribution in [0.4, 0.5) is 0 Å². The molecular weight excluding hydrogens is 236 g/mol. The first-order chi connectivity index (χ1) is 8.41. The zero-order valence-electron chi connectivity index (χ0n) is 11.0. The van der Waals surface area contributed by atoms with Crippen molar-refractivity contribution in [3.8, 4) is 0 Å². The molecule has 0 N–H and O–H groups in total. The van der Waals surface area contributed by atoms with Crippen LogP contribution >= 0.6 is 0 Å². The third kappa shape index (κ3) is 2.91. The van der Waals surface area contributed by atoms with Crippen molar-refractivity contribution in [3.05, 3.63) is 12.7 Å². The molecule has 0 aromatic rings. The van der Waals surface area contributed by atoms with Crippen LogP contribution in [0.3, 0.4) is 0 Å². The molecule has 0 aliphatic carbocycles. The van der Waals surface area contributed by atoms with E-state index in [0.717, 1.165) is 0 Å². The van der Waals surface area contributed by atoms with Gasteiger partial charge in [0.1, 0.15) is 18.3 Å². The number of hydrogen-bond acceptors (Lipinski definition) is 5. The zero-order chi connectivity index (χ0) is 13.3. The summed E-state index contributed by atoms with van der Waals surface area (Å²) < 4.78 is 22.4. The molecule has 0 bridgehead atoms. The number of ether oxygens (including phenoxy) is 4. The lowest BCUT2D eigenvalue weighted by Crippen LogP contribution is -2.39. The third-order valence-electron chi connectivity index (χ3n) is 3.14. The van der Waals surface area contributed by atoms with Gasteiger partial charge >= 0.3 is 5.97 Å². The van der Waals surface area contributed by atoms with Crippen LogP contribution in [0.25, 0.3) is 0 Å². The van der Waals surface area contributed by atoms with E-state index in [0.29, 0.717) is 13.0 Å². The Bertz CT molecular complexity index is 338. The monoisotopic (exact) mass is 256 g/mol. The van der Waals surface area contributed by atoms with Crippen molar-refractivity contribution >= 4 is 5.97 Å². The van der Waals surface area contributed by atoms with E-state index in [-0.39, 0.29) is 30.4 Å². The molecule has 2 fully saturated rings. The second kappa shape index (κ2) is 4.99. The molecule has 18 heavy (non-hydrogen) atoms. The molecule has 102 valence electrons. The lowest BCUT2D eigenvalue weighted by atomic mass is 10.1. The van der Waals surface area contributed by atoms with Crippen LogP contribution in [0.15, 0.2) is 12.7 Å². The van der Waals surface area contributed by atoms with Gasteiger partial charge in [0, 0.05) is 13.3 Å². The lowest BCUT2D eigenvalue weighted by molar-refractivity contribution is -0.168. The minimum atomic E-state index is -0.610. The first kappa shape index (κ1) is 13.5. The highest BCUT2D eigenvalue weighted by Crippen LogP contribution is 2.33. The van der Waals surface area contributed by atoms with Gasteiger partial charge in [0.15, 0.2) is 5.79 Å². The molecule has 0 spiro atoms. The minimum absolute atomic E-state index is 0.105. The largest absolute Gasteiger partial charge is 0.460 e. The van der Waals surface area contributed by atoms with Gasteiger partial charge in [0.2, 0.25) is 0 Å². The first-order valence-corrected chi connectivity index (χ1v) is 6.18. The highest BCUT2D eigenvalue weighted by Gasteiger charge is 2.47. The second-order valence-electron chi connectivity index (χ2n) is 5.13. The molecule has 0 saturated carbocycles. The van der Waals surface area contributed by atoms with E-state index in [1.807, 2.05) is 13.8 Å². The van der Waals surface area contributed by atoms with Gasteiger partial charge in [0.05, 0.1) is 12.7 Å². The minimum Gasteiger partial charge on any atom is -0.460 e. The van der Waals surface area contributed by atoms with Crippen molar-refractivity contribution in [2.75, 3.05) is 6.61 Å². The van der Waals surface area contributed by atoms with Gasteiger partial charge in [-0.3, -0.25) is 4.79 Å². The van der Waals surface area contributed by atoms with Crippen molar-refractivity contribution in [3.63, 3.8) is 0 Å². The van der Waals surface area contributed by atoms with Crippen LogP contribution in [-0.4, -0.2) is 42.8 Å². The van der Waals surface area contributed by atoms with Gasteiger partial charge in [-0.25, -0.2) is 0 Å². The SMILES string of the molecule is C=C[C@@H]1C[C@@H](OC(C)=O)[C@@H]([C@H]2COC(C)(C)O2)O1. The first-order valence-electron chi connectivity index (χ1n) is 6.18. The average Bonchev–Trinajstić information content (AvgIpc) is 2.81. The predicted molar refractivity (Wildman–Crippen MR) is 63.9 cm³/mol. The number of rotatable bonds is 3. The summed E-state index contributed by atoms with van der Waals surface area (Å²) in [6.07, 6.45) is 1.43. The van der Waals surface area contributed by atoms with Gasteiger partial charge < -0.3 is 18.9 Å². The summed E-state index contributed by atoms with van der Waals surface area (Å²) >= 11 is 0. The van der Waals surface area contributed by atoms with E-state index >= 15 is 0 Å². The highest BCUT2D eigenvalue weighted by molar-refractivity contribution is 5.66. The Labute approximate surface area is 107 Å². The second-order valence-corrected chi connectivity index (χ2v) is 5.13. The predicted octanol–water partition coefficient (Wildman–Crippen LogP) is 1.41. The van der Waals surface area contributed by atoms with Gasteiger partial charge in [-0.05, 0) is 13.8 Å². The van der Waals surface area contributed by atoms with Crippen LogP contribution in [0.2, 0.25) is 0 Å². The van der Waals surface area contributed by atoms with E-state index in [4.69, 9.17) is 18.9 Å². The molecule has 0 aromatic carbocycles. The van der Waals surface area contributed by atoms with Crippen LogP contribution in [0.5, 0.6) is 0 Å². The Hall–Kier alpha value is -0.910. The summed E-state index contributed by atoms with van der Waals surface area (Å²) in [5, 5.41) is 0. The fourth-order valence-corrected chi connectivity index (χ4v) is 2.39. The molecule has 2 saturated heterocycles. The van der Waals surface area contributed by atoms with Crippen LogP contribution in [0.1, 0.15) is 27.2 Å². The average molecular weight is 256 g/mol. The van der Waals surface area contributed by atoms with Gasteiger partial charge in [-0.2, -0.15) is 0 Å². The van der Waals surface area contributed by atoms with E-state index in [1.54, 1.807) is 6.08 Å². The fraction of sp³-hybridized carbons (Fsp3) is 0.769. The van der Waals surface area contributed by atoms with Crippen molar-refractivity contribution in [1.29, 1.82) is 0 Å². The number of carbonyl (C=O) groups is 1. The maximum Gasteiger partial charge on any atom is 0.302 e. The van der Waals surface area contributed by atoms with E-state index in [2.05, 4.69) is 6.58 Å². The van der Waals surface area contributed by atoms with Crippen LogP contribution in [-0.2, 0) is 23.7 Å². The van der Waals surface area contributed by atoms with Crippen molar-refractivity contribution in [2.24, 2.45) is 0 Å². The Morgan fingerprint density at radius 3 is 2.72 bits per heavy atom. The lowest BCUT2D eigenvalue weighted by Gasteiger charge is -2.24. The number of esters is 1. The summed E-state index contributed by atoms with van der Waals surface area (Å²) in [6.45, 7) is 9.26. The maximum atomic E-state index is 11.1. The van der Waals surface area contributed by atoms with Crippen LogP contribution < -0.4 is 0 Å². The molecule has 2 aliphatic heterocycles. The fourth-order valence-electron chi connectivity index (χ4n) is 2.39. The van der Waals surface area contributed by atoms with Crippen molar-refractivity contribution in [1.82, 2.24) is 0 Å². The number of hydrogen-bond donors (Lipinski definition) is 0. The molecule has 5 nitrogen and oxygen atoms in total. The normalized spacial score (nSPS) is 38.6. The van der Waals surface area contributed by atoms with Crippen LogP contribution in [0, 0.1) is 0 Å². The van der Waals surface area contributed by atoms with E-state index in [9.17, 15) is 4.79 Å². The quantitative estimate of drug-likeness (QED) is 0.564. The highest BCUT2D eigenvalue weighted by atomic mass is 16.8. The zero-order valence-corrected chi connectivity index (χ0v) is 11.0. The molecule has 5 heteroatoms. The molecular formula is C13H20O5. The molecule has 2 aliphatic rings. The Morgan fingerprint density at radius 1 is 1.50 bits per heavy atom. The summed E-state index contributed by atoms with van der Waals surface area (Å²) in [7, 11) is 0. The summed E-state index contributed by atoms with van der Waals surface area (Å²) in [5.74, 6) is -0.919. The number of carbonyl (C=O) groups excluding carboxylic acids is 1. The smallest absolute Gasteiger partial charge is 0.302 e. The molecule has 4 atom stereocenters. The molecule has 2 heterocycles. The van der Waals surface area contributed by atoms with Gasteiger partial charge in [-0.1, -0.05) is 6.08 Å². The molecule has 2 rings (SSSR count). The summed E-state index contributed by atoms with van der Waals surface area (Å²) in [6, 6.07) is 0. The van der Waals surface area contributed by atoms with Crippen molar-refractivity contribution < 1.29 is 23.7 Å². The molecule has 0 aromatic heterocycles. The topological polar surface area (TPSA) is 54.0 Å². The molecule has 0 radical (unpaired) electrons. The van der Waals surface area contributed by atoms with E-state index in [1.165, 1.54) is 6.92 Å². The standard InChI is InChI=1S/C13H20O5/c1-5-9-6-10(16-8(2)14)12(17-9)11-7-15-13(3,4)18-11/h5,9-12H,1,6-7H2,2-4H3/t9-,10-,11-,12+/m1/s1. The Morgan fingerprint density at radius 2 is 2.22 bits per heavy atom. The summed E-state index contributed by atoms with van der Waals surface area (Å²) in [4.78, 5) is 11.1. The maximum absolute atomic E-state index is 11.1. The third-order valence-corrected chi connectivity index (χ3v) is 3.14. The molecule has 0 amide bonds. The van der Waals surface area contributed by atoms with Gasteiger partial charge in [-0.15, -0.1) is 6.58 Å². The van der Waals surface area contributed by atoms with E-state index < -0.39 is 5.79 Å². The van der Waals surface area contributed by atoms with Gasteiger partial charge in [0.25, 0.3) is 0 Å².